The number of hydrogen-bond acceptors (Lipinski definition) is 2. The van der Waals surface area contributed by atoms with Gasteiger partial charge in [0.1, 0.15) is 11.2 Å². The lowest BCUT2D eigenvalue weighted by atomic mass is 9.82. The topological polar surface area (TPSA) is 16.4 Å². The van der Waals surface area contributed by atoms with Crippen LogP contribution in [0, 0.1) is 0 Å². The van der Waals surface area contributed by atoms with Gasteiger partial charge in [0.05, 0.1) is 5.69 Å². The molecule has 0 bridgehead atoms. The lowest BCUT2D eigenvalue weighted by Gasteiger charge is -2.31. The summed E-state index contributed by atoms with van der Waals surface area (Å²) in [5.41, 5.74) is 23.1. The predicted octanol–water partition coefficient (Wildman–Crippen LogP) is 15.9. The van der Waals surface area contributed by atoms with Crippen molar-refractivity contribution in [1.29, 1.82) is 0 Å². The van der Waals surface area contributed by atoms with Gasteiger partial charge in [-0.1, -0.05) is 178 Å². The Labute approximate surface area is 357 Å². The fourth-order valence-corrected chi connectivity index (χ4v) is 10.5. The van der Waals surface area contributed by atoms with E-state index < -0.39 is 0 Å². The van der Waals surface area contributed by atoms with Crippen LogP contribution in [0.15, 0.2) is 205 Å². The third-order valence-electron chi connectivity index (χ3n) is 13.4. The van der Waals surface area contributed by atoms with Gasteiger partial charge in [0.2, 0.25) is 0 Å². The first-order chi connectivity index (χ1) is 30.0. The quantitative estimate of drug-likeness (QED) is 0.177. The van der Waals surface area contributed by atoms with E-state index in [2.05, 4.69) is 213 Å². The van der Waals surface area contributed by atoms with E-state index in [0.29, 0.717) is 0 Å². The maximum absolute atomic E-state index is 6.52. The minimum atomic E-state index is -0.145. The van der Waals surface area contributed by atoms with E-state index in [4.69, 9.17) is 4.42 Å². The summed E-state index contributed by atoms with van der Waals surface area (Å²) in [6.07, 6.45) is 1.64. The van der Waals surface area contributed by atoms with Crippen LogP contribution in [-0.4, -0.2) is 0 Å². The smallest absolute Gasteiger partial charge is 0.143 e. The van der Waals surface area contributed by atoms with Crippen molar-refractivity contribution in [2.75, 3.05) is 4.90 Å². The van der Waals surface area contributed by atoms with Crippen molar-refractivity contribution >= 4 is 39.0 Å². The van der Waals surface area contributed by atoms with Gasteiger partial charge < -0.3 is 9.32 Å². The SMILES string of the molecule is CC1(C)c2ccccc2-c2ccc(N(c3ccc(-c4cccc5c4oc4ccccc45)cc3)c3cccc4c3-c3ccccc3Cc3ccccc3-c3ccccc3C4)cc21. The van der Waals surface area contributed by atoms with Gasteiger partial charge in [-0.25, -0.2) is 0 Å². The van der Waals surface area contributed by atoms with Crippen molar-refractivity contribution in [3.05, 3.63) is 234 Å². The highest BCUT2D eigenvalue weighted by Gasteiger charge is 2.36. The van der Waals surface area contributed by atoms with Crippen LogP contribution in [0.4, 0.5) is 17.1 Å². The highest BCUT2D eigenvalue weighted by molar-refractivity contribution is 6.09. The maximum atomic E-state index is 6.52. The molecule has 9 aromatic carbocycles. The molecule has 0 saturated carbocycles. The lowest BCUT2D eigenvalue weighted by Crippen LogP contribution is -2.17. The van der Waals surface area contributed by atoms with Crippen molar-refractivity contribution < 1.29 is 4.42 Å². The molecule has 2 aliphatic carbocycles. The van der Waals surface area contributed by atoms with Crippen LogP contribution in [-0.2, 0) is 18.3 Å². The van der Waals surface area contributed by atoms with Gasteiger partial charge in [0, 0.05) is 38.7 Å². The van der Waals surface area contributed by atoms with Gasteiger partial charge in [0.25, 0.3) is 0 Å². The Kier molecular flexibility index (Phi) is 8.05. The zero-order chi connectivity index (χ0) is 40.7. The van der Waals surface area contributed by atoms with E-state index in [1.165, 1.54) is 66.8 Å². The second-order valence-corrected chi connectivity index (χ2v) is 17.2. The van der Waals surface area contributed by atoms with E-state index in [9.17, 15) is 0 Å². The average Bonchev–Trinajstić information content (AvgIpc) is 3.79. The molecule has 290 valence electrons. The number of furan rings is 1. The molecule has 12 rings (SSSR count). The average molecular weight is 782 g/mol. The van der Waals surface area contributed by atoms with Crippen LogP contribution < -0.4 is 4.90 Å². The van der Waals surface area contributed by atoms with Gasteiger partial charge in [0.15, 0.2) is 0 Å². The molecule has 0 spiro atoms. The molecule has 0 atom stereocenters. The molecule has 1 aromatic heterocycles. The minimum Gasteiger partial charge on any atom is -0.455 e. The molecule has 61 heavy (non-hydrogen) atoms. The summed E-state index contributed by atoms with van der Waals surface area (Å²) in [4.78, 5) is 2.51. The Bertz CT molecular complexity index is 3350. The third-order valence-corrected chi connectivity index (χ3v) is 13.4. The van der Waals surface area contributed by atoms with Crippen molar-refractivity contribution in [3.63, 3.8) is 0 Å². The Morgan fingerprint density at radius 2 is 0.951 bits per heavy atom. The van der Waals surface area contributed by atoms with Crippen LogP contribution in [0.5, 0.6) is 0 Å². The van der Waals surface area contributed by atoms with Crippen LogP contribution in [0.3, 0.4) is 0 Å². The fourth-order valence-electron chi connectivity index (χ4n) is 10.5. The summed E-state index contributed by atoms with van der Waals surface area (Å²) in [7, 11) is 0. The number of fused-ring (bicyclic) bond motifs is 12. The van der Waals surface area contributed by atoms with Crippen molar-refractivity contribution in [2.45, 2.75) is 32.1 Å². The molecule has 2 nitrogen and oxygen atoms in total. The molecule has 1 heterocycles. The van der Waals surface area contributed by atoms with Gasteiger partial charge in [-0.3, -0.25) is 0 Å². The minimum absolute atomic E-state index is 0.145. The third kappa shape index (κ3) is 5.63. The van der Waals surface area contributed by atoms with Crippen LogP contribution in [0.25, 0.3) is 66.4 Å². The number of para-hydroxylation sites is 2. The number of nitrogens with zero attached hydrogens (tertiary/aromatic N) is 1. The molecule has 0 aliphatic heterocycles. The number of benzene rings is 9. The van der Waals surface area contributed by atoms with Gasteiger partial charge in [-0.05, 0) is 116 Å². The predicted molar refractivity (Wildman–Crippen MR) is 254 cm³/mol. The molecule has 2 aliphatic rings. The Balaban J connectivity index is 1.08. The van der Waals surface area contributed by atoms with Crippen molar-refractivity contribution in [1.82, 2.24) is 0 Å². The van der Waals surface area contributed by atoms with Gasteiger partial charge >= 0.3 is 0 Å². The first-order valence-corrected chi connectivity index (χ1v) is 21.4. The van der Waals surface area contributed by atoms with Crippen molar-refractivity contribution in [3.8, 4) is 44.5 Å². The molecule has 0 unspecified atom stereocenters. The maximum Gasteiger partial charge on any atom is 0.143 e. The molecular formula is C59H43NO. The Hall–Kier alpha value is -7.42. The first-order valence-electron chi connectivity index (χ1n) is 21.4. The highest BCUT2D eigenvalue weighted by atomic mass is 16.3. The van der Waals surface area contributed by atoms with Gasteiger partial charge in [-0.2, -0.15) is 0 Å². The lowest BCUT2D eigenvalue weighted by molar-refractivity contribution is 0.660. The molecular weight excluding hydrogens is 739 g/mol. The Morgan fingerprint density at radius 1 is 0.410 bits per heavy atom. The summed E-state index contributed by atoms with van der Waals surface area (Å²) >= 11 is 0. The van der Waals surface area contributed by atoms with Crippen LogP contribution in [0.1, 0.15) is 47.2 Å². The van der Waals surface area contributed by atoms with E-state index >= 15 is 0 Å². The van der Waals surface area contributed by atoms with E-state index in [0.717, 1.165) is 63.0 Å². The zero-order valence-corrected chi connectivity index (χ0v) is 34.3. The summed E-state index contributed by atoms with van der Waals surface area (Å²) in [6, 6.07) is 73.9. The van der Waals surface area contributed by atoms with E-state index in [-0.39, 0.29) is 5.41 Å². The molecule has 0 amide bonds. The van der Waals surface area contributed by atoms with Crippen LogP contribution in [0.2, 0.25) is 0 Å². The van der Waals surface area contributed by atoms with Crippen molar-refractivity contribution in [2.24, 2.45) is 0 Å². The monoisotopic (exact) mass is 781 g/mol. The summed E-state index contributed by atoms with van der Waals surface area (Å²) in [6.45, 7) is 4.74. The molecule has 0 N–H and O–H groups in total. The summed E-state index contributed by atoms with van der Waals surface area (Å²) in [5.74, 6) is 0. The molecule has 0 radical (unpaired) electrons. The summed E-state index contributed by atoms with van der Waals surface area (Å²) < 4.78 is 6.52. The summed E-state index contributed by atoms with van der Waals surface area (Å²) in [5, 5.41) is 2.28. The fraction of sp³-hybridized carbons (Fsp3) is 0.0847. The second-order valence-electron chi connectivity index (χ2n) is 17.2. The normalized spacial score (nSPS) is 13.4. The van der Waals surface area contributed by atoms with E-state index in [1.54, 1.807) is 0 Å². The number of hydrogen-bond donors (Lipinski definition) is 0. The highest BCUT2D eigenvalue weighted by Crippen LogP contribution is 2.52. The number of anilines is 3. The first kappa shape index (κ1) is 35.5. The number of rotatable bonds is 4. The molecule has 0 saturated heterocycles. The molecule has 0 fully saturated rings. The van der Waals surface area contributed by atoms with Gasteiger partial charge in [-0.15, -0.1) is 0 Å². The van der Waals surface area contributed by atoms with E-state index in [1.807, 2.05) is 6.07 Å². The van der Waals surface area contributed by atoms with Crippen LogP contribution >= 0.6 is 0 Å². The molecule has 10 aromatic rings. The zero-order valence-electron chi connectivity index (χ0n) is 34.3. The Morgan fingerprint density at radius 3 is 1.72 bits per heavy atom. The molecule has 2 heteroatoms. The standard InChI is InChI=1S/C59H43NO/c1-59(2)53-26-11-9-22-49(53)50-34-33-44(37-54(50)59)60(43-31-29-38(30-32-43)48-24-14-25-52-51-23-10-12-28-56(51)61-58(48)52)55-27-13-18-42-36-40-16-4-7-20-46(40)45-19-6-3-15-39(45)35-41-17-5-8-21-47(41)57(42)55/h3-34,37H,35-36H2,1-2H3. The largest absolute Gasteiger partial charge is 0.455 e. The second kappa shape index (κ2) is 13.8.